The van der Waals surface area contributed by atoms with Crippen molar-refractivity contribution in [2.45, 2.75) is 44.6 Å². The summed E-state index contributed by atoms with van der Waals surface area (Å²) in [6.45, 7) is 0.281. The molecule has 102 valence electrons. The minimum absolute atomic E-state index is 0.0203. The van der Waals surface area contributed by atoms with Gasteiger partial charge in [-0.15, -0.1) is 0 Å². The number of aromatic nitrogens is 1. The van der Waals surface area contributed by atoms with Gasteiger partial charge in [0.05, 0.1) is 18.7 Å². The Hall–Kier alpha value is -1.08. The van der Waals surface area contributed by atoms with E-state index in [9.17, 15) is 13.2 Å². The first-order chi connectivity index (χ1) is 8.53. The van der Waals surface area contributed by atoms with Crippen molar-refractivity contribution in [1.82, 2.24) is 10.5 Å². The van der Waals surface area contributed by atoms with E-state index in [1.807, 2.05) is 0 Å². The Morgan fingerprint density at radius 2 is 2.22 bits per heavy atom. The van der Waals surface area contributed by atoms with Crippen LogP contribution >= 0.6 is 0 Å². The third kappa shape index (κ3) is 5.05. The number of nitrogens with one attached hydrogen (secondary N) is 1. The molecule has 0 unspecified atom stereocenters. The van der Waals surface area contributed by atoms with Gasteiger partial charge in [-0.2, -0.15) is 13.2 Å². The van der Waals surface area contributed by atoms with Crippen LogP contribution < -0.4 is 5.32 Å². The van der Waals surface area contributed by atoms with Crippen molar-refractivity contribution in [2.24, 2.45) is 0 Å². The van der Waals surface area contributed by atoms with Crippen molar-refractivity contribution >= 4 is 0 Å². The summed E-state index contributed by atoms with van der Waals surface area (Å²) in [4.78, 5) is 0. The van der Waals surface area contributed by atoms with E-state index in [-0.39, 0.29) is 13.2 Å². The monoisotopic (exact) mass is 264 g/mol. The summed E-state index contributed by atoms with van der Waals surface area (Å²) in [5.41, 5.74) is 0.747. The summed E-state index contributed by atoms with van der Waals surface area (Å²) in [5.74, 6) is 0.449. The standard InChI is InChI=1S/C11H15F3N2O2/c12-11(13,14)3-4-17-7-10-5-9(16-18-10)6-15-8-1-2-8/h5,8,15H,1-4,6-7H2. The molecule has 0 spiro atoms. The van der Waals surface area contributed by atoms with Crippen molar-refractivity contribution in [3.05, 3.63) is 17.5 Å². The van der Waals surface area contributed by atoms with Crippen molar-refractivity contribution < 1.29 is 22.4 Å². The van der Waals surface area contributed by atoms with Gasteiger partial charge in [-0.1, -0.05) is 5.16 Å². The quantitative estimate of drug-likeness (QED) is 0.768. The Bertz CT molecular complexity index is 375. The van der Waals surface area contributed by atoms with E-state index >= 15 is 0 Å². The maximum Gasteiger partial charge on any atom is 0.391 e. The predicted molar refractivity (Wildman–Crippen MR) is 56.7 cm³/mol. The molecule has 18 heavy (non-hydrogen) atoms. The lowest BCUT2D eigenvalue weighted by Gasteiger charge is -2.05. The van der Waals surface area contributed by atoms with E-state index < -0.39 is 12.6 Å². The fraction of sp³-hybridized carbons (Fsp3) is 0.727. The Labute approximate surface area is 102 Å². The van der Waals surface area contributed by atoms with Gasteiger partial charge < -0.3 is 14.6 Å². The van der Waals surface area contributed by atoms with Gasteiger partial charge in [0.15, 0.2) is 5.76 Å². The van der Waals surface area contributed by atoms with Gasteiger partial charge in [-0.25, -0.2) is 0 Å². The highest BCUT2D eigenvalue weighted by Gasteiger charge is 2.26. The molecule has 1 fully saturated rings. The maximum absolute atomic E-state index is 11.8. The Kier molecular flexibility index (Phi) is 4.23. The van der Waals surface area contributed by atoms with Crippen LogP contribution in [-0.4, -0.2) is 24.0 Å². The highest BCUT2D eigenvalue weighted by Crippen LogP contribution is 2.20. The summed E-state index contributed by atoms with van der Waals surface area (Å²) in [5, 5.41) is 7.06. The molecule has 0 aromatic carbocycles. The van der Waals surface area contributed by atoms with Crippen LogP contribution in [0.5, 0.6) is 0 Å². The highest BCUT2D eigenvalue weighted by atomic mass is 19.4. The molecule has 1 saturated carbocycles. The van der Waals surface area contributed by atoms with Gasteiger partial charge in [0.1, 0.15) is 6.61 Å². The van der Waals surface area contributed by atoms with E-state index in [2.05, 4.69) is 10.5 Å². The maximum atomic E-state index is 11.8. The van der Waals surface area contributed by atoms with E-state index in [0.29, 0.717) is 18.3 Å². The number of hydrogen-bond acceptors (Lipinski definition) is 4. The van der Waals surface area contributed by atoms with Gasteiger partial charge in [-0.05, 0) is 12.8 Å². The molecule has 2 rings (SSSR count). The van der Waals surface area contributed by atoms with Crippen molar-refractivity contribution in [2.75, 3.05) is 6.61 Å². The van der Waals surface area contributed by atoms with Crippen LogP contribution in [0, 0.1) is 0 Å². The lowest BCUT2D eigenvalue weighted by atomic mass is 10.3. The largest absolute Gasteiger partial charge is 0.391 e. The van der Waals surface area contributed by atoms with Crippen LogP contribution in [0.15, 0.2) is 10.6 Å². The molecule has 1 aromatic heterocycles. The van der Waals surface area contributed by atoms with Crippen LogP contribution in [-0.2, 0) is 17.9 Å². The van der Waals surface area contributed by atoms with Crippen molar-refractivity contribution in [3.8, 4) is 0 Å². The van der Waals surface area contributed by atoms with E-state index in [1.54, 1.807) is 6.07 Å². The number of hydrogen-bond donors (Lipinski definition) is 1. The molecular formula is C11H15F3N2O2. The SMILES string of the molecule is FC(F)(F)CCOCc1cc(CNC2CC2)no1. The number of nitrogens with zero attached hydrogens (tertiary/aromatic N) is 1. The molecule has 0 aliphatic heterocycles. The Morgan fingerprint density at radius 1 is 1.44 bits per heavy atom. The predicted octanol–water partition coefficient (Wildman–Crippen LogP) is 2.40. The first-order valence-corrected chi connectivity index (χ1v) is 5.85. The lowest BCUT2D eigenvalue weighted by Crippen LogP contribution is -2.15. The fourth-order valence-corrected chi connectivity index (χ4v) is 1.40. The molecule has 0 bridgehead atoms. The molecule has 0 radical (unpaired) electrons. The second-order valence-electron chi connectivity index (χ2n) is 4.36. The first kappa shape index (κ1) is 13.4. The first-order valence-electron chi connectivity index (χ1n) is 5.85. The van der Waals surface area contributed by atoms with Crippen LogP contribution in [0.1, 0.15) is 30.7 Å². The Morgan fingerprint density at radius 3 is 2.89 bits per heavy atom. The molecule has 1 aliphatic rings. The number of alkyl halides is 3. The zero-order valence-corrected chi connectivity index (χ0v) is 9.79. The van der Waals surface area contributed by atoms with Crippen LogP contribution in [0.3, 0.4) is 0 Å². The van der Waals surface area contributed by atoms with Gasteiger partial charge in [0.25, 0.3) is 0 Å². The average molecular weight is 264 g/mol. The van der Waals surface area contributed by atoms with Gasteiger partial charge >= 0.3 is 6.18 Å². The second kappa shape index (κ2) is 5.71. The molecule has 7 heteroatoms. The number of halogens is 3. The molecule has 0 saturated heterocycles. The third-order valence-electron chi connectivity index (χ3n) is 2.53. The molecule has 1 heterocycles. The summed E-state index contributed by atoms with van der Waals surface area (Å²) >= 11 is 0. The lowest BCUT2D eigenvalue weighted by molar-refractivity contribution is -0.146. The van der Waals surface area contributed by atoms with E-state index in [4.69, 9.17) is 9.26 Å². The highest BCUT2D eigenvalue weighted by molar-refractivity contribution is 5.04. The second-order valence-corrected chi connectivity index (χ2v) is 4.36. The van der Waals surface area contributed by atoms with Gasteiger partial charge in [0.2, 0.25) is 0 Å². The fourth-order valence-electron chi connectivity index (χ4n) is 1.40. The minimum Gasteiger partial charge on any atom is -0.373 e. The van der Waals surface area contributed by atoms with E-state index in [1.165, 1.54) is 12.8 Å². The van der Waals surface area contributed by atoms with Crippen molar-refractivity contribution in [1.29, 1.82) is 0 Å². The Balaban J connectivity index is 1.63. The molecule has 0 amide bonds. The third-order valence-corrected chi connectivity index (χ3v) is 2.53. The summed E-state index contributed by atoms with van der Waals surface area (Å²) < 4.78 is 45.4. The molecule has 4 nitrogen and oxygen atoms in total. The molecule has 1 N–H and O–H groups in total. The van der Waals surface area contributed by atoms with Crippen LogP contribution in [0.2, 0.25) is 0 Å². The minimum atomic E-state index is -4.18. The average Bonchev–Trinajstić information content (AvgIpc) is 3.00. The summed E-state index contributed by atoms with van der Waals surface area (Å²) in [7, 11) is 0. The summed E-state index contributed by atoms with van der Waals surface area (Å²) in [6.07, 6.45) is -2.76. The molecule has 0 atom stereocenters. The smallest absolute Gasteiger partial charge is 0.373 e. The normalized spacial score (nSPS) is 16.2. The number of ether oxygens (including phenoxy) is 1. The van der Waals surface area contributed by atoms with Gasteiger partial charge in [0, 0.05) is 18.7 Å². The number of rotatable bonds is 7. The molecule has 1 aliphatic carbocycles. The van der Waals surface area contributed by atoms with E-state index in [0.717, 1.165) is 5.69 Å². The van der Waals surface area contributed by atoms with Crippen LogP contribution in [0.25, 0.3) is 0 Å². The summed E-state index contributed by atoms with van der Waals surface area (Å²) in [6, 6.07) is 2.27. The zero-order valence-electron chi connectivity index (χ0n) is 9.79. The van der Waals surface area contributed by atoms with Gasteiger partial charge in [-0.3, -0.25) is 0 Å². The van der Waals surface area contributed by atoms with Crippen molar-refractivity contribution in [3.63, 3.8) is 0 Å². The topological polar surface area (TPSA) is 47.3 Å². The van der Waals surface area contributed by atoms with Crippen LogP contribution in [0.4, 0.5) is 13.2 Å². The molecular weight excluding hydrogens is 249 g/mol. The molecule has 1 aromatic rings. The zero-order chi connectivity index (χ0) is 13.0.